The smallest absolute Gasteiger partial charge is 0.255 e. The van der Waals surface area contributed by atoms with Crippen LogP contribution in [0.5, 0.6) is 0 Å². The van der Waals surface area contributed by atoms with Crippen molar-refractivity contribution in [2.75, 3.05) is 0 Å². The van der Waals surface area contributed by atoms with Crippen LogP contribution in [-0.4, -0.2) is 15.7 Å². The molecule has 0 bridgehead atoms. The molecule has 4 heteroatoms. The number of benzene rings is 2. The van der Waals surface area contributed by atoms with E-state index in [1.165, 1.54) is 5.56 Å². The molecule has 0 aliphatic rings. The van der Waals surface area contributed by atoms with Crippen molar-refractivity contribution in [3.8, 4) is 0 Å². The highest BCUT2D eigenvalue weighted by Crippen LogP contribution is 2.12. The molecule has 1 heterocycles. The maximum absolute atomic E-state index is 12.5. The largest absolute Gasteiger partial charge is 0.348 e. The molecule has 0 atom stereocenters. The van der Waals surface area contributed by atoms with E-state index in [4.69, 9.17) is 0 Å². The lowest BCUT2D eigenvalue weighted by Crippen LogP contribution is -2.23. The zero-order valence-electron chi connectivity index (χ0n) is 13.8. The molecule has 3 rings (SSSR count). The molecular formula is C20H21N3O. The van der Waals surface area contributed by atoms with Crippen molar-refractivity contribution in [3.63, 3.8) is 0 Å². The minimum atomic E-state index is -0.0741. The molecular weight excluding hydrogens is 298 g/mol. The molecule has 3 aromatic rings. The highest BCUT2D eigenvalue weighted by molar-refractivity contribution is 5.95. The molecule has 24 heavy (non-hydrogen) atoms. The van der Waals surface area contributed by atoms with Gasteiger partial charge in [-0.1, -0.05) is 67.6 Å². The Bertz CT molecular complexity index is 794. The summed E-state index contributed by atoms with van der Waals surface area (Å²) in [4.78, 5) is 12.5. The number of nitrogens with zero attached hydrogens (tertiary/aromatic N) is 2. The summed E-state index contributed by atoms with van der Waals surface area (Å²) in [5, 5.41) is 7.39. The first-order valence-electron chi connectivity index (χ1n) is 8.18. The topological polar surface area (TPSA) is 46.9 Å². The van der Waals surface area contributed by atoms with Crippen molar-refractivity contribution >= 4 is 5.91 Å². The Hall–Kier alpha value is -2.88. The third-order valence-electron chi connectivity index (χ3n) is 4.00. The zero-order chi connectivity index (χ0) is 16.8. The lowest BCUT2D eigenvalue weighted by atomic mass is 10.1. The van der Waals surface area contributed by atoms with Crippen LogP contribution in [-0.2, 0) is 19.5 Å². The Morgan fingerprint density at radius 3 is 2.25 bits per heavy atom. The fraction of sp³-hybridized carbons (Fsp3) is 0.200. The number of nitrogens with one attached hydrogen (secondary N) is 1. The van der Waals surface area contributed by atoms with Crippen LogP contribution in [0, 0.1) is 0 Å². The van der Waals surface area contributed by atoms with Gasteiger partial charge >= 0.3 is 0 Å². The zero-order valence-corrected chi connectivity index (χ0v) is 13.8. The van der Waals surface area contributed by atoms with E-state index < -0.39 is 0 Å². The van der Waals surface area contributed by atoms with E-state index in [2.05, 4.69) is 22.5 Å². The van der Waals surface area contributed by atoms with Crippen molar-refractivity contribution < 1.29 is 4.79 Å². The molecule has 122 valence electrons. The number of hydrogen-bond donors (Lipinski definition) is 1. The van der Waals surface area contributed by atoms with Gasteiger partial charge in [0, 0.05) is 6.54 Å². The summed E-state index contributed by atoms with van der Waals surface area (Å²) in [6.07, 6.45) is 2.43. The highest BCUT2D eigenvalue weighted by atomic mass is 16.1. The van der Waals surface area contributed by atoms with Crippen LogP contribution in [0.3, 0.4) is 0 Å². The fourth-order valence-electron chi connectivity index (χ4n) is 2.74. The lowest BCUT2D eigenvalue weighted by Gasteiger charge is -2.09. The van der Waals surface area contributed by atoms with Crippen molar-refractivity contribution in [1.29, 1.82) is 0 Å². The van der Waals surface area contributed by atoms with E-state index in [-0.39, 0.29) is 5.91 Å². The second-order valence-corrected chi connectivity index (χ2v) is 5.67. The van der Waals surface area contributed by atoms with Crippen molar-refractivity contribution in [1.82, 2.24) is 15.1 Å². The van der Waals surface area contributed by atoms with Gasteiger partial charge in [0.05, 0.1) is 24.0 Å². The van der Waals surface area contributed by atoms with E-state index in [0.717, 1.165) is 17.7 Å². The molecule has 0 aliphatic carbocycles. The normalized spacial score (nSPS) is 10.5. The van der Waals surface area contributed by atoms with Gasteiger partial charge in [-0.2, -0.15) is 5.10 Å². The standard InChI is InChI=1S/C20H21N3O/c1-2-19-18(20(24)21-13-16-9-5-3-6-10-16)14-22-23(19)15-17-11-7-4-8-12-17/h3-12,14H,2,13,15H2,1H3,(H,21,24). The number of carbonyl (C=O) groups is 1. The minimum absolute atomic E-state index is 0.0741. The predicted molar refractivity (Wildman–Crippen MR) is 94.8 cm³/mol. The highest BCUT2D eigenvalue weighted by Gasteiger charge is 2.16. The summed E-state index contributed by atoms with van der Waals surface area (Å²) >= 11 is 0. The molecule has 1 N–H and O–H groups in total. The van der Waals surface area contributed by atoms with Crippen molar-refractivity contribution in [2.45, 2.75) is 26.4 Å². The van der Waals surface area contributed by atoms with Crippen LogP contribution in [0.1, 0.15) is 34.1 Å². The third kappa shape index (κ3) is 3.71. The Kier molecular flexibility index (Phi) is 5.06. The van der Waals surface area contributed by atoms with Crippen LogP contribution >= 0.6 is 0 Å². The van der Waals surface area contributed by atoms with Crippen LogP contribution in [0.4, 0.5) is 0 Å². The van der Waals surface area contributed by atoms with E-state index in [1.807, 2.05) is 60.1 Å². The summed E-state index contributed by atoms with van der Waals surface area (Å²) in [5.41, 5.74) is 3.88. The van der Waals surface area contributed by atoms with Gasteiger partial charge in [-0.15, -0.1) is 0 Å². The molecule has 0 spiro atoms. The van der Waals surface area contributed by atoms with Crippen LogP contribution < -0.4 is 5.32 Å². The third-order valence-corrected chi connectivity index (χ3v) is 4.00. The number of aromatic nitrogens is 2. The molecule has 0 fully saturated rings. The van der Waals surface area contributed by atoms with E-state index in [0.29, 0.717) is 18.7 Å². The quantitative estimate of drug-likeness (QED) is 0.757. The molecule has 1 amide bonds. The number of hydrogen-bond acceptors (Lipinski definition) is 2. The summed E-state index contributed by atoms with van der Waals surface area (Å²) in [5.74, 6) is -0.0741. The van der Waals surface area contributed by atoms with Gasteiger partial charge in [0.1, 0.15) is 0 Å². The average Bonchev–Trinajstić information content (AvgIpc) is 3.04. The van der Waals surface area contributed by atoms with Gasteiger partial charge in [-0.05, 0) is 17.5 Å². The molecule has 0 saturated heterocycles. The van der Waals surface area contributed by atoms with Gasteiger partial charge in [-0.3, -0.25) is 9.48 Å². The van der Waals surface area contributed by atoms with Gasteiger partial charge in [0.15, 0.2) is 0 Å². The second-order valence-electron chi connectivity index (χ2n) is 5.67. The summed E-state index contributed by atoms with van der Waals surface area (Å²) in [6, 6.07) is 20.1. The van der Waals surface area contributed by atoms with E-state index in [9.17, 15) is 4.79 Å². The van der Waals surface area contributed by atoms with Crippen LogP contribution in [0.25, 0.3) is 0 Å². The first-order chi connectivity index (χ1) is 11.8. The molecule has 0 aliphatic heterocycles. The number of amides is 1. The fourth-order valence-corrected chi connectivity index (χ4v) is 2.74. The number of carbonyl (C=O) groups excluding carboxylic acids is 1. The van der Waals surface area contributed by atoms with E-state index in [1.54, 1.807) is 6.20 Å². The summed E-state index contributed by atoms with van der Waals surface area (Å²) in [7, 11) is 0. The number of rotatable bonds is 6. The van der Waals surface area contributed by atoms with E-state index >= 15 is 0 Å². The minimum Gasteiger partial charge on any atom is -0.348 e. The molecule has 0 saturated carbocycles. The Morgan fingerprint density at radius 1 is 1.00 bits per heavy atom. The second kappa shape index (κ2) is 7.59. The maximum Gasteiger partial charge on any atom is 0.255 e. The molecule has 4 nitrogen and oxygen atoms in total. The average molecular weight is 319 g/mol. The first-order valence-corrected chi connectivity index (χ1v) is 8.18. The predicted octanol–water partition coefficient (Wildman–Crippen LogP) is 3.42. The lowest BCUT2D eigenvalue weighted by molar-refractivity contribution is 0.0950. The molecule has 2 aromatic carbocycles. The van der Waals surface area contributed by atoms with Crippen LogP contribution in [0.2, 0.25) is 0 Å². The molecule has 0 radical (unpaired) electrons. The van der Waals surface area contributed by atoms with Gasteiger partial charge in [0.25, 0.3) is 5.91 Å². The molecule has 0 unspecified atom stereocenters. The summed E-state index contributed by atoms with van der Waals surface area (Å²) in [6.45, 7) is 3.25. The molecule has 1 aromatic heterocycles. The monoisotopic (exact) mass is 319 g/mol. The Labute approximate surface area is 142 Å². The Morgan fingerprint density at radius 2 is 1.62 bits per heavy atom. The van der Waals surface area contributed by atoms with Crippen molar-refractivity contribution in [3.05, 3.63) is 89.2 Å². The SMILES string of the molecule is CCc1c(C(=O)NCc2ccccc2)cnn1Cc1ccccc1. The van der Waals surface area contributed by atoms with Gasteiger partial charge < -0.3 is 5.32 Å². The maximum atomic E-state index is 12.5. The van der Waals surface area contributed by atoms with Gasteiger partial charge in [-0.25, -0.2) is 0 Å². The van der Waals surface area contributed by atoms with Crippen LogP contribution in [0.15, 0.2) is 66.9 Å². The summed E-state index contributed by atoms with van der Waals surface area (Å²) < 4.78 is 1.91. The van der Waals surface area contributed by atoms with Crippen molar-refractivity contribution in [2.24, 2.45) is 0 Å². The first kappa shape index (κ1) is 16.0. The van der Waals surface area contributed by atoms with Gasteiger partial charge in [0.2, 0.25) is 0 Å². The Balaban J connectivity index is 1.72.